The summed E-state index contributed by atoms with van der Waals surface area (Å²) in [5.74, 6) is -2.98. The monoisotopic (exact) mass is 559 g/mol. The van der Waals surface area contributed by atoms with E-state index in [0.29, 0.717) is 5.02 Å². The molecule has 0 aliphatic carbocycles. The molecular weight excluding hydrogens is 539 g/mol. The molecule has 0 radical (unpaired) electrons. The number of nitrogens with zero attached hydrogens (tertiary/aromatic N) is 5. The second kappa shape index (κ2) is 11.1. The van der Waals surface area contributed by atoms with Crippen LogP contribution in [-0.4, -0.2) is 42.8 Å². The summed E-state index contributed by atoms with van der Waals surface area (Å²) in [5.41, 5.74) is -1.24. The molecule has 0 aliphatic heterocycles. The number of carboxylic acid groups (broad SMARTS) is 1. The number of hydrogen-bond acceptors (Lipinski definition) is 6. The van der Waals surface area contributed by atoms with Gasteiger partial charge in [0.2, 0.25) is 5.88 Å². The predicted octanol–water partition coefficient (Wildman–Crippen LogP) is 5.94. The summed E-state index contributed by atoms with van der Waals surface area (Å²) in [7, 11) is 0. The molecule has 1 aromatic carbocycles. The van der Waals surface area contributed by atoms with Gasteiger partial charge in [-0.15, -0.1) is 0 Å². The van der Waals surface area contributed by atoms with Crippen molar-refractivity contribution >= 4 is 29.2 Å². The first-order valence-corrected chi connectivity index (χ1v) is 11.9. The second-order valence-electron chi connectivity index (χ2n) is 8.61. The molecular formula is C26H21ClF3N5O4. The standard InChI is InChI=1S/C26H21ClF3N5O4/c1-15(2)35(24(36)21-6-4-17(27)13-31-21)22-7-5-18(11-19(22)25(37)38)39-23-20(26(28,29)30)10-16(12-32-23)14-34-9-3-8-33-34/h3-13,15H,14H2,1-2H3,(H,37,38). The maximum Gasteiger partial charge on any atom is 0.421 e. The van der Waals surface area contributed by atoms with Crippen molar-refractivity contribution in [2.24, 2.45) is 0 Å². The van der Waals surface area contributed by atoms with Gasteiger partial charge in [0.1, 0.15) is 17.0 Å². The van der Waals surface area contributed by atoms with Gasteiger partial charge in [0, 0.05) is 30.8 Å². The number of pyridine rings is 2. The number of aromatic nitrogens is 4. The number of rotatable bonds is 8. The molecule has 202 valence electrons. The van der Waals surface area contributed by atoms with E-state index in [2.05, 4.69) is 15.1 Å². The van der Waals surface area contributed by atoms with Crippen LogP contribution in [0.2, 0.25) is 5.02 Å². The normalized spacial score (nSPS) is 11.5. The van der Waals surface area contributed by atoms with Crippen LogP contribution in [0.1, 0.15) is 45.8 Å². The Kier molecular flexibility index (Phi) is 7.86. The first-order chi connectivity index (χ1) is 18.4. The lowest BCUT2D eigenvalue weighted by atomic mass is 10.1. The molecule has 4 rings (SSSR count). The van der Waals surface area contributed by atoms with Crippen LogP contribution in [0.4, 0.5) is 18.9 Å². The molecule has 0 saturated carbocycles. The van der Waals surface area contributed by atoms with E-state index >= 15 is 0 Å². The van der Waals surface area contributed by atoms with E-state index in [1.807, 2.05) is 0 Å². The molecule has 3 heterocycles. The number of aromatic carboxylic acids is 1. The van der Waals surface area contributed by atoms with Gasteiger partial charge >= 0.3 is 12.1 Å². The van der Waals surface area contributed by atoms with Crippen molar-refractivity contribution in [3.05, 3.63) is 94.7 Å². The van der Waals surface area contributed by atoms with Gasteiger partial charge in [-0.2, -0.15) is 18.3 Å². The highest BCUT2D eigenvalue weighted by atomic mass is 35.5. The lowest BCUT2D eigenvalue weighted by molar-refractivity contribution is -0.138. The Bertz CT molecular complexity index is 1490. The van der Waals surface area contributed by atoms with Crippen LogP contribution in [0.3, 0.4) is 0 Å². The molecule has 0 atom stereocenters. The van der Waals surface area contributed by atoms with Gasteiger partial charge < -0.3 is 14.7 Å². The number of carbonyl (C=O) groups is 2. The van der Waals surface area contributed by atoms with Gasteiger partial charge in [-0.25, -0.2) is 14.8 Å². The van der Waals surface area contributed by atoms with Crippen LogP contribution < -0.4 is 9.64 Å². The fourth-order valence-electron chi connectivity index (χ4n) is 3.77. The Labute approximate surface area is 225 Å². The molecule has 0 unspecified atom stereocenters. The van der Waals surface area contributed by atoms with Crippen LogP contribution >= 0.6 is 11.6 Å². The zero-order chi connectivity index (χ0) is 28.3. The molecule has 9 nitrogen and oxygen atoms in total. The molecule has 0 fully saturated rings. The Hall–Kier alpha value is -4.45. The van der Waals surface area contributed by atoms with Crippen LogP contribution in [0, 0.1) is 0 Å². The molecule has 0 aliphatic rings. The Balaban J connectivity index is 1.69. The van der Waals surface area contributed by atoms with Crippen molar-refractivity contribution in [3.63, 3.8) is 0 Å². The summed E-state index contributed by atoms with van der Waals surface area (Å²) < 4.78 is 48.4. The molecule has 0 saturated heterocycles. The first-order valence-electron chi connectivity index (χ1n) is 11.5. The van der Waals surface area contributed by atoms with Crippen molar-refractivity contribution in [1.29, 1.82) is 0 Å². The highest BCUT2D eigenvalue weighted by Gasteiger charge is 2.36. The number of amides is 1. The second-order valence-corrected chi connectivity index (χ2v) is 9.05. The van der Waals surface area contributed by atoms with Gasteiger partial charge in [0.15, 0.2) is 0 Å². The SMILES string of the molecule is CC(C)N(C(=O)c1ccc(Cl)cn1)c1ccc(Oc2ncc(Cn3cccn3)cc2C(F)(F)F)cc1C(=O)O. The zero-order valence-corrected chi connectivity index (χ0v) is 21.3. The van der Waals surface area contributed by atoms with Crippen molar-refractivity contribution in [2.75, 3.05) is 4.90 Å². The molecule has 0 spiro atoms. The average Bonchev–Trinajstić information content (AvgIpc) is 3.38. The molecule has 4 aromatic rings. The fraction of sp³-hybridized carbons (Fsp3) is 0.192. The van der Waals surface area contributed by atoms with Gasteiger partial charge in [-0.05, 0) is 61.9 Å². The number of benzene rings is 1. The van der Waals surface area contributed by atoms with E-state index in [1.165, 1.54) is 52.4 Å². The smallest absolute Gasteiger partial charge is 0.421 e. The van der Waals surface area contributed by atoms with Crippen LogP contribution in [0.25, 0.3) is 0 Å². The third-order valence-corrected chi connectivity index (χ3v) is 5.69. The Morgan fingerprint density at radius 2 is 1.90 bits per heavy atom. The highest BCUT2D eigenvalue weighted by Crippen LogP contribution is 2.38. The first kappa shape index (κ1) is 27.6. The summed E-state index contributed by atoms with van der Waals surface area (Å²) >= 11 is 5.85. The predicted molar refractivity (Wildman–Crippen MR) is 135 cm³/mol. The van der Waals surface area contributed by atoms with E-state index < -0.39 is 35.5 Å². The summed E-state index contributed by atoms with van der Waals surface area (Å²) in [5, 5.41) is 14.2. The molecule has 39 heavy (non-hydrogen) atoms. The van der Waals surface area contributed by atoms with Gasteiger partial charge in [0.25, 0.3) is 5.91 Å². The maximum atomic E-state index is 13.9. The van der Waals surface area contributed by atoms with Crippen molar-refractivity contribution < 1.29 is 32.6 Å². The number of carbonyl (C=O) groups excluding carboxylic acids is 1. The topological polar surface area (TPSA) is 110 Å². The van der Waals surface area contributed by atoms with Gasteiger partial charge in [-0.3, -0.25) is 9.48 Å². The molecule has 13 heteroatoms. The average molecular weight is 560 g/mol. The summed E-state index contributed by atoms with van der Waals surface area (Å²) in [4.78, 5) is 34.4. The molecule has 0 bridgehead atoms. The number of halogens is 4. The van der Waals surface area contributed by atoms with E-state index in [9.17, 15) is 27.9 Å². The molecule has 3 aromatic heterocycles. The van der Waals surface area contributed by atoms with E-state index in [1.54, 1.807) is 26.1 Å². The van der Waals surface area contributed by atoms with E-state index in [-0.39, 0.29) is 34.8 Å². The van der Waals surface area contributed by atoms with Gasteiger partial charge in [0.05, 0.1) is 22.8 Å². The molecule has 1 N–H and O–H groups in total. The largest absolute Gasteiger partial charge is 0.478 e. The van der Waals surface area contributed by atoms with E-state index in [0.717, 1.165) is 12.1 Å². The van der Waals surface area contributed by atoms with Crippen LogP contribution in [0.5, 0.6) is 11.6 Å². The van der Waals surface area contributed by atoms with Crippen molar-refractivity contribution in [2.45, 2.75) is 32.6 Å². The quantitative estimate of drug-likeness (QED) is 0.284. The number of ether oxygens (including phenoxy) is 1. The third kappa shape index (κ3) is 6.34. The Morgan fingerprint density at radius 3 is 2.49 bits per heavy atom. The summed E-state index contributed by atoms with van der Waals surface area (Å²) in [6.45, 7) is 3.41. The third-order valence-electron chi connectivity index (χ3n) is 5.47. The number of hydrogen-bond donors (Lipinski definition) is 1. The van der Waals surface area contributed by atoms with E-state index in [4.69, 9.17) is 16.3 Å². The summed E-state index contributed by atoms with van der Waals surface area (Å²) in [6, 6.07) is 8.49. The molecule has 1 amide bonds. The van der Waals surface area contributed by atoms with Crippen molar-refractivity contribution in [3.8, 4) is 11.6 Å². The minimum Gasteiger partial charge on any atom is -0.478 e. The maximum absolute atomic E-state index is 13.9. The minimum absolute atomic E-state index is 0.00479. The fourth-order valence-corrected chi connectivity index (χ4v) is 3.88. The van der Waals surface area contributed by atoms with Crippen LogP contribution in [0.15, 0.2) is 67.3 Å². The lowest BCUT2D eigenvalue weighted by Crippen LogP contribution is -2.38. The Morgan fingerprint density at radius 1 is 1.13 bits per heavy atom. The number of alkyl halides is 3. The number of anilines is 1. The van der Waals surface area contributed by atoms with Gasteiger partial charge in [-0.1, -0.05) is 11.6 Å². The minimum atomic E-state index is -4.80. The highest BCUT2D eigenvalue weighted by molar-refractivity contribution is 6.30. The number of carboxylic acids is 1. The van der Waals surface area contributed by atoms with Crippen LogP contribution in [-0.2, 0) is 12.7 Å². The lowest BCUT2D eigenvalue weighted by Gasteiger charge is -2.28. The zero-order valence-electron chi connectivity index (χ0n) is 20.6. The van der Waals surface area contributed by atoms with Crippen molar-refractivity contribution in [1.82, 2.24) is 19.7 Å². The summed E-state index contributed by atoms with van der Waals surface area (Å²) in [6.07, 6.45) is 0.801.